The van der Waals surface area contributed by atoms with E-state index in [0.717, 1.165) is 5.56 Å². The fourth-order valence-corrected chi connectivity index (χ4v) is 1.31. The highest BCUT2D eigenvalue weighted by atomic mass is 35.5. The molecular formula is C11H15ClFNO2. The molecule has 0 amide bonds. The number of ether oxygens (including phenoxy) is 1. The van der Waals surface area contributed by atoms with Crippen molar-refractivity contribution in [2.75, 3.05) is 7.11 Å². The Hall–Kier alpha value is -1.13. The van der Waals surface area contributed by atoms with Crippen LogP contribution in [0.15, 0.2) is 18.2 Å². The lowest BCUT2D eigenvalue weighted by Gasteiger charge is -2.11. The minimum atomic E-state index is -0.655. The second-order valence-electron chi connectivity index (χ2n) is 3.41. The van der Waals surface area contributed by atoms with Gasteiger partial charge in [-0.3, -0.25) is 4.79 Å². The summed E-state index contributed by atoms with van der Waals surface area (Å²) in [5.41, 5.74) is 6.84. The predicted molar refractivity (Wildman–Crippen MR) is 61.9 cm³/mol. The van der Waals surface area contributed by atoms with Crippen LogP contribution < -0.4 is 5.73 Å². The van der Waals surface area contributed by atoms with Gasteiger partial charge in [-0.1, -0.05) is 12.1 Å². The molecular weight excluding hydrogens is 233 g/mol. The van der Waals surface area contributed by atoms with Crippen molar-refractivity contribution >= 4 is 18.4 Å². The van der Waals surface area contributed by atoms with Gasteiger partial charge >= 0.3 is 5.97 Å². The Kier molecular flexibility index (Phi) is 6.00. The first-order valence-corrected chi connectivity index (χ1v) is 4.63. The lowest BCUT2D eigenvalue weighted by atomic mass is 10.0. The number of carbonyl (C=O) groups excluding carboxylic acids is 1. The number of nitrogens with two attached hydrogens (primary N) is 1. The van der Waals surface area contributed by atoms with E-state index in [1.165, 1.54) is 13.2 Å². The third kappa shape index (κ3) is 3.79. The monoisotopic (exact) mass is 247 g/mol. The highest BCUT2D eigenvalue weighted by molar-refractivity contribution is 5.85. The van der Waals surface area contributed by atoms with Crippen molar-refractivity contribution in [3.63, 3.8) is 0 Å². The Labute approximate surface area is 100 Å². The van der Waals surface area contributed by atoms with Gasteiger partial charge in [-0.25, -0.2) is 4.39 Å². The molecule has 16 heavy (non-hydrogen) atoms. The first kappa shape index (κ1) is 14.9. The van der Waals surface area contributed by atoms with Gasteiger partial charge in [0.2, 0.25) is 0 Å². The van der Waals surface area contributed by atoms with E-state index in [2.05, 4.69) is 4.74 Å². The van der Waals surface area contributed by atoms with Crippen molar-refractivity contribution in [3.05, 3.63) is 35.1 Å². The highest BCUT2D eigenvalue weighted by Crippen LogP contribution is 2.19. The molecule has 0 saturated carbocycles. The van der Waals surface area contributed by atoms with Crippen molar-refractivity contribution < 1.29 is 13.9 Å². The summed E-state index contributed by atoms with van der Waals surface area (Å²) in [5, 5.41) is 0. The third-order valence-corrected chi connectivity index (χ3v) is 2.17. The first-order chi connectivity index (χ1) is 7.04. The fourth-order valence-electron chi connectivity index (χ4n) is 1.31. The van der Waals surface area contributed by atoms with Crippen LogP contribution >= 0.6 is 12.4 Å². The van der Waals surface area contributed by atoms with Crippen LogP contribution in [0.2, 0.25) is 0 Å². The van der Waals surface area contributed by atoms with Crippen LogP contribution in [-0.2, 0) is 9.53 Å². The zero-order chi connectivity index (χ0) is 11.4. The molecule has 0 fully saturated rings. The van der Waals surface area contributed by atoms with Gasteiger partial charge in [0.15, 0.2) is 0 Å². The molecule has 1 rings (SSSR count). The van der Waals surface area contributed by atoms with E-state index in [0.29, 0.717) is 5.56 Å². The van der Waals surface area contributed by atoms with E-state index in [1.54, 1.807) is 19.1 Å². The maximum atomic E-state index is 13.4. The van der Waals surface area contributed by atoms with E-state index < -0.39 is 12.0 Å². The topological polar surface area (TPSA) is 52.3 Å². The van der Waals surface area contributed by atoms with E-state index in [4.69, 9.17) is 5.73 Å². The fraction of sp³-hybridized carbons (Fsp3) is 0.364. The Morgan fingerprint density at radius 3 is 2.69 bits per heavy atom. The number of carbonyl (C=O) groups is 1. The van der Waals surface area contributed by atoms with Gasteiger partial charge in [-0.2, -0.15) is 0 Å². The van der Waals surface area contributed by atoms with Gasteiger partial charge in [0.1, 0.15) is 5.82 Å². The molecule has 2 N–H and O–H groups in total. The van der Waals surface area contributed by atoms with Crippen LogP contribution in [0.3, 0.4) is 0 Å². The molecule has 0 unspecified atom stereocenters. The van der Waals surface area contributed by atoms with Gasteiger partial charge in [-0.05, 0) is 18.6 Å². The summed E-state index contributed by atoms with van der Waals surface area (Å²) in [6, 6.07) is 4.10. The number of rotatable bonds is 3. The van der Waals surface area contributed by atoms with Crippen LogP contribution in [0.25, 0.3) is 0 Å². The minimum absolute atomic E-state index is 0. The molecule has 0 heterocycles. The Balaban J connectivity index is 0.00000225. The Morgan fingerprint density at radius 1 is 1.56 bits per heavy atom. The van der Waals surface area contributed by atoms with Gasteiger partial charge in [0.05, 0.1) is 13.5 Å². The van der Waals surface area contributed by atoms with Crippen LogP contribution in [0.1, 0.15) is 23.6 Å². The van der Waals surface area contributed by atoms with Crippen LogP contribution in [0.5, 0.6) is 0 Å². The second kappa shape index (κ2) is 6.45. The number of esters is 1. The van der Waals surface area contributed by atoms with Gasteiger partial charge in [0.25, 0.3) is 0 Å². The first-order valence-electron chi connectivity index (χ1n) is 4.63. The molecule has 0 aromatic heterocycles. The molecule has 1 aromatic carbocycles. The zero-order valence-electron chi connectivity index (χ0n) is 9.20. The summed E-state index contributed by atoms with van der Waals surface area (Å²) in [4.78, 5) is 10.9. The highest BCUT2D eigenvalue weighted by Gasteiger charge is 2.15. The lowest BCUT2D eigenvalue weighted by Crippen LogP contribution is -2.17. The average molecular weight is 248 g/mol. The van der Waals surface area contributed by atoms with Crippen molar-refractivity contribution in [2.45, 2.75) is 19.4 Å². The summed E-state index contributed by atoms with van der Waals surface area (Å²) in [6.07, 6.45) is -0.0174. The molecule has 0 aliphatic heterocycles. The summed E-state index contributed by atoms with van der Waals surface area (Å²) < 4.78 is 17.9. The molecule has 5 heteroatoms. The van der Waals surface area contributed by atoms with Gasteiger partial charge in [0, 0.05) is 11.6 Å². The standard InChI is InChI=1S/C11H14FNO2.ClH/c1-7-3-4-8(9(12)5-7)10(13)6-11(14)15-2;/h3-5,10H,6,13H2,1-2H3;1H/t10-;/m0./s1. The average Bonchev–Trinajstić information content (AvgIpc) is 2.17. The molecule has 0 radical (unpaired) electrons. The second-order valence-corrected chi connectivity index (χ2v) is 3.41. The SMILES string of the molecule is COC(=O)C[C@H](N)c1ccc(C)cc1F.Cl. The molecule has 1 atom stereocenters. The normalized spacial score (nSPS) is 11.5. The van der Waals surface area contributed by atoms with E-state index >= 15 is 0 Å². The summed E-state index contributed by atoms with van der Waals surface area (Å²) >= 11 is 0. The number of aryl methyl sites for hydroxylation is 1. The molecule has 90 valence electrons. The van der Waals surface area contributed by atoms with E-state index in [9.17, 15) is 9.18 Å². The number of benzene rings is 1. The number of hydrogen-bond donors (Lipinski definition) is 1. The maximum absolute atomic E-state index is 13.4. The Morgan fingerprint density at radius 2 is 2.19 bits per heavy atom. The minimum Gasteiger partial charge on any atom is -0.469 e. The smallest absolute Gasteiger partial charge is 0.307 e. The maximum Gasteiger partial charge on any atom is 0.307 e. The third-order valence-electron chi connectivity index (χ3n) is 2.17. The molecule has 0 aliphatic carbocycles. The number of methoxy groups -OCH3 is 1. The molecule has 3 nitrogen and oxygen atoms in total. The quantitative estimate of drug-likeness (QED) is 0.833. The molecule has 0 aliphatic rings. The lowest BCUT2D eigenvalue weighted by molar-refractivity contribution is -0.141. The molecule has 1 aromatic rings. The van der Waals surface area contributed by atoms with Gasteiger partial charge in [-0.15, -0.1) is 12.4 Å². The molecule has 0 spiro atoms. The van der Waals surface area contributed by atoms with Crippen LogP contribution in [-0.4, -0.2) is 13.1 Å². The summed E-state index contributed by atoms with van der Waals surface area (Å²) in [5.74, 6) is -0.825. The molecule has 0 saturated heterocycles. The van der Waals surface area contributed by atoms with Crippen molar-refractivity contribution in [1.29, 1.82) is 0 Å². The summed E-state index contributed by atoms with van der Waals surface area (Å²) in [6.45, 7) is 1.79. The summed E-state index contributed by atoms with van der Waals surface area (Å²) in [7, 11) is 1.28. The van der Waals surface area contributed by atoms with E-state index in [-0.39, 0.29) is 24.6 Å². The van der Waals surface area contributed by atoms with Crippen molar-refractivity contribution in [1.82, 2.24) is 0 Å². The van der Waals surface area contributed by atoms with E-state index in [1.807, 2.05) is 0 Å². The number of halogens is 2. The predicted octanol–water partition coefficient (Wildman–Crippen LogP) is 2.12. The largest absolute Gasteiger partial charge is 0.469 e. The van der Waals surface area contributed by atoms with Crippen molar-refractivity contribution in [2.24, 2.45) is 5.73 Å². The zero-order valence-corrected chi connectivity index (χ0v) is 10.0. The van der Waals surface area contributed by atoms with Crippen molar-refractivity contribution in [3.8, 4) is 0 Å². The van der Waals surface area contributed by atoms with Crippen LogP contribution in [0.4, 0.5) is 4.39 Å². The Bertz CT molecular complexity index is 371. The molecule has 0 bridgehead atoms. The van der Waals surface area contributed by atoms with Gasteiger partial charge < -0.3 is 10.5 Å². The van der Waals surface area contributed by atoms with Crippen LogP contribution in [0, 0.1) is 12.7 Å². The number of hydrogen-bond acceptors (Lipinski definition) is 3.